The molecule has 6 nitrogen and oxygen atoms in total. The van der Waals surface area contributed by atoms with Gasteiger partial charge in [-0.05, 0) is 32.0 Å². The van der Waals surface area contributed by atoms with Crippen LogP contribution in [0.1, 0.15) is 24.2 Å². The Morgan fingerprint density at radius 3 is 2.71 bits per heavy atom. The maximum atomic E-state index is 12.0. The molecule has 0 bridgehead atoms. The summed E-state index contributed by atoms with van der Waals surface area (Å²) in [5.41, 5.74) is 1.15. The molecule has 6 heteroatoms. The van der Waals surface area contributed by atoms with Gasteiger partial charge in [-0.25, -0.2) is 4.79 Å². The monoisotopic (exact) mass is 290 g/mol. The third-order valence-electron chi connectivity index (χ3n) is 3.22. The van der Waals surface area contributed by atoms with Crippen LogP contribution in [0.5, 0.6) is 0 Å². The van der Waals surface area contributed by atoms with Crippen LogP contribution in [0.25, 0.3) is 0 Å². The molecular formula is C15H22N4O2. The first-order valence-electron chi connectivity index (χ1n) is 7.21. The number of benzene rings is 1. The van der Waals surface area contributed by atoms with Crippen molar-refractivity contribution in [3.05, 3.63) is 29.8 Å². The predicted octanol–water partition coefficient (Wildman–Crippen LogP) is 1.17. The minimum absolute atomic E-state index is 0.0626. The standard InChI is InChI=1S/C15H22N4O2/c1-10(2)18-15(21)19-13-5-3-4-12(6-13)14(20)17-9-11-7-16-8-11/h3-6,10-11,16H,7-9H2,1-2H3,(H,17,20)(H2,18,19,21). The summed E-state index contributed by atoms with van der Waals surface area (Å²) in [6, 6.07) is 6.71. The fourth-order valence-electron chi connectivity index (χ4n) is 2.00. The fourth-order valence-corrected chi connectivity index (χ4v) is 2.00. The third kappa shape index (κ3) is 4.75. The maximum Gasteiger partial charge on any atom is 0.319 e. The Bertz CT molecular complexity index is 512. The zero-order chi connectivity index (χ0) is 15.2. The highest BCUT2D eigenvalue weighted by Crippen LogP contribution is 2.11. The van der Waals surface area contributed by atoms with Crippen molar-refractivity contribution in [1.29, 1.82) is 0 Å². The second-order valence-electron chi connectivity index (χ2n) is 5.57. The number of nitrogens with one attached hydrogen (secondary N) is 4. The number of carbonyl (C=O) groups excluding carboxylic acids is 2. The summed E-state index contributed by atoms with van der Waals surface area (Å²) in [7, 11) is 0. The van der Waals surface area contributed by atoms with E-state index in [1.165, 1.54) is 0 Å². The smallest absolute Gasteiger partial charge is 0.319 e. The van der Waals surface area contributed by atoms with Crippen molar-refractivity contribution in [2.75, 3.05) is 25.0 Å². The Morgan fingerprint density at radius 2 is 2.10 bits per heavy atom. The van der Waals surface area contributed by atoms with Crippen LogP contribution >= 0.6 is 0 Å². The van der Waals surface area contributed by atoms with Gasteiger partial charge in [0.2, 0.25) is 0 Å². The third-order valence-corrected chi connectivity index (χ3v) is 3.22. The van der Waals surface area contributed by atoms with E-state index in [1.54, 1.807) is 24.3 Å². The molecule has 1 saturated heterocycles. The van der Waals surface area contributed by atoms with Gasteiger partial charge in [0, 0.05) is 42.8 Å². The molecule has 0 saturated carbocycles. The highest BCUT2D eigenvalue weighted by molar-refractivity contribution is 5.96. The lowest BCUT2D eigenvalue weighted by Gasteiger charge is -2.27. The number of hydrogen-bond acceptors (Lipinski definition) is 3. The van der Waals surface area contributed by atoms with E-state index in [0.29, 0.717) is 23.7 Å². The lowest BCUT2D eigenvalue weighted by molar-refractivity contribution is 0.0942. The first-order valence-corrected chi connectivity index (χ1v) is 7.21. The molecule has 0 spiro atoms. The lowest BCUT2D eigenvalue weighted by Crippen LogP contribution is -2.48. The predicted molar refractivity (Wildman–Crippen MR) is 82.4 cm³/mol. The van der Waals surface area contributed by atoms with Gasteiger partial charge in [0.25, 0.3) is 5.91 Å². The zero-order valence-corrected chi connectivity index (χ0v) is 12.4. The molecular weight excluding hydrogens is 268 g/mol. The molecule has 2 rings (SSSR count). The largest absolute Gasteiger partial charge is 0.352 e. The molecule has 0 aliphatic carbocycles. The Hall–Kier alpha value is -2.08. The summed E-state index contributed by atoms with van der Waals surface area (Å²) in [6.07, 6.45) is 0. The Labute approximate surface area is 124 Å². The topological polar surface area (TPSA) is 82.3 Å². The number of urea groups is 1. The molecule has 114 valence electrons. The van der Waals surface area contributed by atoms with Gasteiger partial charge in [-0.1, -0.05) is 6.07 Å². The van der Waals surface area contributed by atoms with E-state index in [9.17, 15) is 9.59 Å². The molecule has 1 aliphatic rings. The summed E-state index contributed by atoms with van der Waals surface area (Å²) < 4.78 is 0. The van der Waals surface area contributed by atoms with Crippen LogP contribution < -0.4 is 21.3 Å². The zero-order valence-electron chi connectivity index (χ0n) is 12.4. The van der Waals surface area contributed by atoms with Crippen molar-refractivity contribution in [1.82, 2.24) is 16.0 Å². The Kier molecular flexibility index (Phi) is 5.16. The highest BCUT2D eigenvalue weighted by atomic mass is 16.2. The molecule has 3 amide bonds. The summed E-state index contributed by atoms with van der Waals surface area (Å²) in [5, 5.41) is 11.5. The SMILES string of the molecule is CC(C)NC(=O)Nc1cccc(C(=O)NCC2CNC2)c1. The number of hydrogen-bond donors (Lipinski definition) is 4. The first kappa shape index (κ1) is 15.3. The van der Waals surface area contributed by atoms with Gasteiger partial charge < -0.3 is 21.3 Å². The van der Waals surface area contributed by atoms with Crippen LogP contribution in [-0.2, 0) is 0 Å². The summed E-state index contributed by atoms with van der Waals surface area (Å²) in [4.78, 5) is 23.7. The number of amides is 3. The maximum absolute atomic E-state index is 12.0. The minimum atomic E-state index is -0.275. The van der Waals surface area contributed by atoms with E-state index < -0.39 is 0 Å². The van der Waals surface area contributed by atoms with Gasteiger partial charge in [0.05, 0.1) is 0 Å². The lowest BCUT2D eigenvalue weighted by atomic mass is 10.0. The van der Waals surface area contributed by atoms with Crippen molar-refractivity contribution in [3.63, 3.8) is 0 Å². The molecule has 4 N–H and O–H groups in total. The second kappa shape index (κ2) is 7.08. The van der Waals surface area contributed by atoms with Crippen LogP contribution in [-0.4, -0.2) is 37.6 Å². The van der Waals surface area contributed by atoms with Crippen molar-refractivity contribution >= 4 is 17.6 Å². The van der Waals surface area contributed by atoms with Crippen LogP contribution in [0.4, 0.5) is 10.5 Å². The Morgan fingerprint density at radius 1 is 1.33 bits per heavy atom. The van der Waals surface area contributed by atoms with E-state index in [1.807, 2.05) is 13.8 Å². The molecule has 21 heavy (non-hydrogen) atoms. The quantitative estimate of drug-likeness (QED) is 0.657. The van der Waals surface area contributed by atoms with Crippen molar-refractivity contribution in [2.45, 2.75) is 19.9 Å². The minimum Gasteiger partial charge on any atom is -0.352 e. The van der Waals surface area contributed by atoms with Crippen LogP contribution in [0, 0.1) is 5.92 Å². The molecule has 0 atom stereocenters. The average Bonchev–Trinajstić information content (AvgIpc) is 2.35. The molecule has 1 fully saturated rings. The van der Waals surface area contributed by atoms with E-state index in [2.05, 4.69) is 21.3 Å². The number of anilines is 1. The van der Waals surface area contributed by atoms with Gasteiger partial charge in [0.15, 0.2) is 0 Å². The number of rotatable bonds is 5. The molecule has 1 aromatic carbocycles. The molecule has 0 aromatic heterocycles. The normalized spacial score (nSPS) is 14.4. The molecule has 1 aliphatic heterocycles. The van der Waals surface area contributed by atoms with Gasteiger partial charge in [-0.15, -0.1) is 0 Å². The van der Waals surface area contributed by atoms with Gasteiger partial charge >= 0.3 is 6.03 Å². The van der Waals surface area contributed by atoms with Crippen molar-refractivity contribution in [2.24, 2.45) is 5.92 Å². The molecule has 1 aromatic rings. The number of carbonyl (C=O) groups is 2. The van der Waals surface area contributed by atoms with Gasteiger partial charge in [-0.2, -0.15) is 0 Å². The van der Waals surface area contributed by atoms with E-state index in [4.69, 9.17) is 0 Å². The van der Waals surface area contributed by atoms with Crippen LogP contribution in [0.15, 0.2) is 24.3 Å². The Balaban J connectivity index is 1.89. The highest BCUT2D eigenvalue weighted by Gasteiger charge is 2.17. The average molecular weight is 290 g/mol. The van der Waals surface area contributed by atoms with Crippen LogP contribution in [0.3, 0.4) is 0 Å². The van der Waals surface area contributed by atoms with Crippen molar-refractivity contribution in [3.8, 4) is 0 Å². The summed E-state index contributed by atoms with van der Waals surface area (Å²) >= 11 is 0. The first-order chi connectivity index (χ1) is 10.0. The van der Waals surface area contributed by atoms with E-state index in [-0.39, 0.29) is 18.0 Å². The van der Waals surface area contributed by atoms with Crippen LogP contribution in [0.2, 0.25) is 0 Å². The van der Waals surface area contributed by atoms with Crippen molar-refractivity contribution < 1.29 is 9.59 Å². The fraction of sp³-hybridized carbons (Fsp3) is 0.467. The van der Waals surface area contributed by atoms with Gasteiger partial charge in [0.1, 0.15) is 0 Å². The van der Waals surface area contributed by atoms with E-state index in [0.717, 1.165) is 13.1 Å². The van der Waals surface area contributed by atoms with Gasteiger partial charge in [-0.3, -0.25) is 4.79 Å². The summed E-state index contributed by atoms with van der Waals surface area (Å²) in [5.74, 6) is 0.405. The second-order valence-corrected chi connectivity index (χ2v) is 5.57. The van der Waals surface area contributed by atoms with E-state index >= 15 is 0 Å². The molecule has 1 heterocycles. The molecule has 0 radical (unpaired) electrons. The summed E-state index contributed by atoms with van der Waals surface area (Å²) in [6.45, 7) is 6.36. The molecule has 0 unspecified atom stereocenters.